The first-order chi connectivity index (χ1) is 11.0. The Balaban J connectivity index is 1.37. The highest BCUT2D eigenvalue weighted by molar-refractivity contribution is 6.31. The second-order valence-electron chi connectivity index (χ2n) is 8.20. The molecule has 4 aliphatic carbocycles. The lowest BCUT2D eigenvalue weighted by atomic mass is 9.53. The maximum atomic E-state index is 12.4. The molecule has 1 aromatic carbocycles. The molecule has 0 heterocycles. The van der Waals surface area contributed by atoms with E-state index in [1.807, 2.05) is 25.1 Å². The minimum absolute atomic E-state index is 0.0890. The van der Waals surface area contributed by atoms with Gasteiger partial charge in [0.25, 0.3) is 5.91 Å². The zero-order chi connectivity index (χ0) is 16.0. The van der Waals surface area contributed by atoms with E-state index in [2.05, 4.69) is 10.6 Å². The SMILES string of the molecule is Cc1ccc(Cl)cc1NC(=O)C[NH2+]C12CC3CC(CC(C3)C1)C2. The van der Waals surface area contributed by atoms with Crippen LogP contribution in [0.3, 0.4) is 0 Å². The summed E-state index contributed by atoms with van der Waals surface area (Å²) in [6.07, 6.45) is 8.30. The zero-order valence-electron chi connectivity index (χ0n) is 13.8. The molecule has 5 rings (SSSR count). The van der Waals surface area contributed by atoms with Gasteiger partial charge in [-0.3, -0.25) is 4.79 Å². The van der Waals surface area contributed by atoms with E-state index in [0.29, 0.717) is 17.1 Å². The van der Waals surface area contributed by atoms with Crippen molar-refractivity contribution in [3.8, 4) is 0 Å². The third kappa shape index (κ3) is 3.14. The van der Waals surface area contributed by atoms with Crippen LogP contribution in [0.15, 0.2) is 18.2 Å². The Morgan fingerprint density at radius 2 is 1.83 bits per heavy atom. The van der Waals surface area contributed by atoms with Crippen molar-refractivity contribution in [2.45, 2.75) is 51.0 Å². The van der Waals surface area contributed by atoms with Crippen LogP contribution < -0.4 is 10.6 Å². The van der Waals surface area contributed by atoms with E-state index < -0.39 is 0 Å². The van der Waals surface area contributed by atoms with E-state index >= 15 is 0 Å². The number of carbonyl (C=O) groups excluding carboxylic acids is 1. The molecule has 0 saturated heterocycles. The van der Waals surface area contributed by atoms with Crippen LogP contribution in [0.5, 0.6) is 0 Å². The third-order valence-electron chi connectivity index (χ3n) is 6.28. The molecular weight excluding hydrogens is 308 g/mol. The zero-order valence-corrected chi connectivity index (χ0v) is 14.5. The summed E-state index contributed by atoms with van der Waals surface area (Å²) in [5.74, 6) is 2.87. The largest absolute Gasteiger partial charge is 0.334 e. The van der Waals surface area contributed by atoms with Crippen molar-refractivity contribution in [1.29, 1.82) is 0 Å². The van der Waals surface area contributed by atoms with Gasteiger partial charge >= 0.3 is 0 Å². The van der Waals surface area contributed by atoms with Gasteiger partial charge in [0.05, 0.1) is 5.54 Å². The van der Waals surface area contributed by atoms with Gasteiger partial charge in [0, 0.05) is 30.0 Å². The smallest absolute Gasteiger partial charge is 0.279 e. The lowest BCUT2D eigenvalue weighted by Gasteiger charge is -2.54. The number of rotatable bonds is 4. The number of benzene rings is 1. The molecule has 1 aromatic rings. The lowest BCUT2D eigenvalue weighted by Crippen LogP contribution is -3.00. The fraction of sp³-hybridized carbons (Fsp3) is 0.632. The van der Waals surface area contributed by atoms with Crippen LogP contribution in [0.1, 0.15) is 44.1 Å². The molecule has 0 spiro atoms. The fourth-order valence-corrected chi connectivity index (χ4v) is 5.84. The number of carbonyl (C=O) groups is 1. The van der Waals surface area contributed by atoms with Gasteiger partial charge < -0.3 is 10.6 Å². The summed E-state index contributed by atoms with van der Waals surface area (Å²) < 4.78 is 0. The van der Waals surface area contributed by atoms with Crippen LogP contribution in [0.25, 0.3) is 0 Å². The van der Waals surface area contributed by atoms with Crippen LogP contribution in [0.4, 0.5) is 5.69 Å². The summed E-state index contributed by atoms with van der Waals surface area (Å²) in [6.45, 7) is 2.52. The molecule has 0 aromatic heterocycles. The number of halogens is 1. The van der Waals surface area contributed by atoms with Gasteiger partial charge in [-0.05, 0) is 61.6 Å². The second-order valence-corrected chi connectivity index (χ2v) is 8.63. The van der Waals surface area contributed by atoms with E-state index in [1.165, 1.54) is 38.5 Å². The van der Waals surface area contributed by atoms with Gasteiger partial charge in [0.15, 0.2) is 6.54 Å². The van der Waals surface area contributed by atoms with Gasteiger partial charge in [-0.15, -0.1) is 0 Å². The number of hydrogen-bond acceptors (Lipinski definition) is 1. The highest BCUT2D eigenvalue weighted by Crippen LogP contribution is 2.54. The Hall–Kier alpha value is -1.06. The Morgan fingerprint density at radius 3 is 2.43 bits per heavy atom. The predicted molar refractivity (Wildman–Crippen MR) is 92.5 cm³/mol. The van der Waals surface area contributed by atoms with Gasteiger partial charge in [-0.2, -0.15) is 0 Å². The van der Waals surface area contributed by atoms with Gasteiger partial charge in [0.1, 0.15) is 0 Å². The standard InChI is InChI=1S/C19H25ClN2O/c1-12-2-3-16(20)7-17(12)22-18(23)11-21-19-8-13-4-14(9-19)6-15(5-13)10-19/h2-3,7,13-15,21H,4-6,8-11H2,1H3,(H,22,23)/p+1. The Labute approximate surface area is 143 Å². The van der Waals surface area contributed by atoms with Crippen molar-refractivity contribution in [2.75, 3.05) is 11.9 Å². The monoisotopic (exact) mass is 333 g/mol. The minimum Gasteiger partial charge on any atom is -0.334 e. The van der Waals surface area contributed by atoms with E-state index in [0.717, 1.165) is 29.0 Å². The summed E-state index contributed by atoms with van der Waals surface area (Å²) in [6, 6.07) is 5.63. The first kappa shape index (κ1) is 15.5. The normalized spacial score (nSPS) is 34.6. The topological polar surface area (TPSA) is 45.7 Å². The minimum atomic E-state index is 0.0890. The van der Waals surface area contributed by atoms with Crippen LogP contribution in [0.2, 0.25) is 5.02 Å². The molecule has 4 bridgehead atoms. The summed E-state index contributed by atoms with van der Waals surface area (Å²) in [5, 5.41) is 6.05. The molecule has 4 saturated carbocycles. The molecule has 0 aliphatic heterocycles. The number of anilines is 1. The Bertz CT molecular complexity index is 593. The van der Waals surface area contributed by atoms with Crippen LogP contribution in [-0.4, -0.2) is 18.0 Å². The van der Waals surface area contributed by atoms with Crippen LogP contribution >= 0.6 is 11.6 Å². The molecule has 1 amide bonds. The van der Waals surface area contributed by atoms with Crippen molar-refractivity contribution in [3.05, 3.63) is 28.8 Å². The fourth-order valence-electron chi connectivity index (χ4n) is 5.67. The van der Waals surface area contributed by atoms with E-state index in [4.69, 9.17) is 11.6 Å². The lowest BCUT2D eigenvalue weighted by molar-refractivity contribution is -0.729. The van der Waals surface area contributed by atoms with Crippen LogP contribution in [0, 0.1) is 24.7 Å². The Morgan fingerprint density at radius 1 is 1.22 bits per heavy atom. The van der Waals surface area contributed by atoms with Crippen molar-refractivity contribution in [2.24, 2.45) is 17.8 Å². The number of hydrogen-bond donors (Lipinski definition) is 2. The molecule has 4 fully saturated rings. The van der Waals surface area contributed by atoms with Crippen molar-refractivity contribution in [1.82, 2.24) is 0 Å². The molecule has 0 atom stereocenters. The average Bonchev–Trinajstić information content (AvgIpc) is 2.48. The van der Waals surface area contributed by atoms with Gasteiger partial charge in [-0.25, -0.2) is 0 Å². The molecule has 3 nitrogen and oxygen atoms in total. The third-order valence-corrected chi connectivity index (χ3v) is 6.51. The molecule has 124 valence electrons. The van der Waals surface area contributed by atoms with Crippen molar-refractivity contribution in [3.63, 3.8) is 0 Å². The van der Waals surface area contributed by atoms with E-state index in [-0.39, 0.29) is 5.91 Å². The molecule has 23 heavy (non-hydrogen) atoms. The highest BCUT2D eigenvalue weighted by atomic mass is 35.5. The number of amides is 1. The average molecular weight is 334 g/mol. The van der Waals surface area contributed by atoms with Gasteiger partial charge in [-0.1, -0.05) is 17.7 Å². The van der Waals surface area contributed by atoms with Crippen molar-refractivity contribution >= 4 is 23.2 Å². The summed E-state index contributed by atoms with van der Waals surface area (Å²) in [7, 11) is 0. The maximum absolute atomic E-state index is 12.4. The molecule has 4 aliphatic rings. The van der Waals surface area contributed by atoms with E-state index in [9.17, 15) is 4.79 Å². The molecule has 0 radical (unpaired) electrons. The quantitative estimate of drug-likeness (QED) is 0.873. The maximum Gasteiger partial charge on any atom is 0.279 e. The number of nitrogens with one attached hydrogen (secondary N) is 1. The summed E-state index contributed by atoms with van der Waals surface area (Å²) >= 11 is 6.03. The Kier molecular flexibility index (Phi) is 3.89. The highest BCUT2D eigenvalue weighted by Gasteiger charge is 2.53. The molecule has 4 heteroatoms. The summed E-state index contributed by atoms with van der Waals surface area (Å²) in [4.78, 5) is 12.4. The number of nitrogens with two attached hydrogens (primary N) is 1. The molecule has 0 unspecified atom stereocenters. The predicted octanol–water partition coefficient (Wildman–Crippen LogP) is 3.12. The second kappa shape index (κ2) is 5.78. The molecule has 3 N–H and O–H groups in total. The number of quaternary nitrogens is 1. The van der Waals surface area contributed by atoms with Gasteiger partial charge in [0.2, 0.25) is 0 Å². The van der Waals surface area contributed by atoms with Crippen molar-refractivity contribution < 1.29 is 10.1 Å². The molecular formula is C19H26ClN2O+. The number of aryl methyl sites for hydroxylation is 1. The first-order valence-corrected chi connectivity index (χ1v) is 9.29. The summed E-state index contributed by atoms with van der Waals surface area (Å²) in [5.41, 5.74) is 2.24. The van der Waals surface area contributed by atoms with Crippen LogP contribution in [-0.2, 0) is 4.79 Å². The first-order valence-electron chi connectivity index (χ1n) is 8.92. The van der Waals surface area contributed by atoms with E-state index in [1.54, 1.807) is 0 Å².